The molecule has 0 fully saturated rings. The first-order chi connectivity index (χ1) is 5.65. The van der Waals surface area contributed by atoms with Gasteiger partial charge >= 0.3 is 0 Å². The highest BCUT2D eigenvalue weighted by Crippen LogP contribution is 2.17. The van der Waals surface area contributed by atoms with Gasteiger partial charge in [-0.15, -0.1) is 0 Å². The largest absolute Gasteiger partial charge is 0.442 e. The van der Waals surface area contributed by atoms with Gasteiger partial charge < -0.3 is 4.42 Å². The molecule has 0 radical (unpaired) electrons. The Balaban J connectivity index is 2.78. The van der Waals surface area contributed by atoms with Crippen LogP contribution in [0.2, 0.25) is 5.22 Å². The molecule has 0 aliphatic heterocycles. The average Bonchev–Trinajstić information content (AvgIpc) is 2.49. The molecule has 0 aliphatic rings. The van der Waals surface area contributed by atoms with Crippen molar-refractivity contribution in [3.8, 4) is 0 Å². The highest BCUT2D eigenvalue weighted by Gasteiger charge is 2.16. The van der Waals surface area contributed by atoms with Crippen LogP contribution in [-0.4, -0.2) is 5.78 Å². The van der Waals surface area contributed by atoms with Crippen molar-refractivity contribution in [1.82, 2.24) is 0 Å². The molecule has 0 saturated carbocycles. The van der Waals surface area contributed by atoms with E-state index in [0.717, 1.165) is 6.42 Å². The summed E-state index contributed by atoms with van der Waals surface area (Å²) >= 11 is 5.53. The summed E-state index contributed by atoms with van der Waals surface area (Å²) in [4.78, 5) is 11.4. The van der Waals surface area contributed by atoms with Gasteiger partial charge in [0.1, 0.15) is 0 Å². The summed E-state index contributed by atoms with van der Waals surface area (Å²) in [5.74, 6) is 0.381. The van der Waals surface area contributed by atoms with Gasteiger partial charge in [-0.05, 0) is 30.2 Å². The van der Waals surface area contributed by atoms with E-state index in [1.165, 1.54) is 0 Å². The summed E-state index contributed by atoms with van der Waals surface area (Å²) in [7, 11) is 0. The van der Waals surface area contributed by atoms with Gasteiger partial charge in [-0.25, -0.2) is 0 Å². The van der Waals surface area contributed by atoms with Crippen LogP contribution in [0.1, 0.15) is 30.8 Å². The zero-order chi connectivity index (χ0) is 9.14. The molecule has 1 unspecified atom stereocenters. The van der Waals surface area contributed by atoms with E-state index in [0.29, 0.717) is 5.76 Å². The molecule has 1 rings (SSSR count). The molecule has 0 aromatic carbocycles. The Morgan fingerprint density at radius 2 is 2.33 bits per heavy atom. The van der Waals surface area contributed by atoms with Gasteiger partial charge in [0.2, 0.25) is 5.78 Å². The predicted octanol–water partition coefficient (Wildman–Crippen LogP) is 3.16. The van der Waals surface area contributed by atoms with Crippen LogP contribution in [0.3, 0.4) is 0 Å². The van der Waals surface area contributed by atoms with E-state index in [4.69, 9.17) is 16.0 Å². The molecule has 0 bridgehead atoms. The van der Waals surface area contributed by atoms with E-state index in [2.05, 4.69) is 0 Å². The molecular formula is C9H11ClO2. The molecule has 1 aromatic heterocycles. The smallest absolute Gasteiger partial charge is 0.200 e. The maximum atomic E-state index is 11.4. The molecule has 12 heavy (non-hydrogen) atoms. The minimum atomic E-state index is 0.00668. The summed E-state index contributed by atoms with van der Waals surface area (Å²) < 4.78 is 4.98. The lowest BCUT2D eigenvalue weighted by atomic mass is 10.0. The summed E-state index contributed by atoms with van der Waals surface area (Å²) in [5, 5.41) is 0.265. The normalized spacial score (nSPS) is 12.9. The van der Waals surface area contributed by atoms with Crippen molar-refractivity contribution in [3.05, 3.63) is 23.1 Å². The Morgan fingerprint density at radius 3 is 2.75 bits per heavy atom. The second-order valence-corrected chi connectivity index (χ2v) is 3.15. The van der Waals surface area contributed by atoms with E-state index in [-0.39, 0.29) is 16.9 Å². The summed E-state index contributed by atoms with van der Waals surface area (Å²) in [6.45, 7) is 3.84. The van der Waals surface area contributed by atoms with E-state index in [1.54, 1.807) is 12.1 Å². The number of halogens is 1. The van der Waals surface area contributed by atoms with Crippen LogP contribution in [0.5, 0.6) is 0 Å². The van der Waals surface area contributed by atoms with Crippen molar-refractivity contribution in [1.29, 1.82) is 0 Å². The number of ketones is 1. The Hall–Kier alpha value is -0.760. The summed E-state index contributed by atoms with van der Waals surface area (Å²) in [5.41, 5.74) is 0. The van der Waals surface area contributed by atoms with Crippen LogP contribution >= 0.6 is 11.6 Å². The molecule has 0 spiro atoms. The summed E-state index contributed by atoms with van der Waals surface area (Å²) in [6.07, 6.45) is 0.817. The molecule has 1 atom stereocenters. The third-order valence-electron chi connectivity index (χ3n) is 1.88. The molecule has 0 aliphatic carbocycles. The van der Waals surface area contributed by atoms with E-state index in [1.807, 2.05) is 13.8 Å². The molecule has 2 nitrogen and oxygen atoms in total. The van der Waals surface area contributed by atoms with E-state index in [9.17, 15) is 4.79 Å². The highest BCUT2D eigenvalue weighted by atomic mass is 35.5. The number of rotatable bonds is 3. The maximum absolute atomic E-state index is 11.4. The zero-order valence-corrected chi connectivity index (χ0v) is 7.89. The van der Waals surface area contributed by atoms with Crippen molar-refractivity contribution < 1.29 is 9.21 Å². The minimum absolute atomic E-state index is 0.00668. The topological polar surface area (TPSA) is 30.2 Å². The number of hydrogen-bond acceptors (Lipinski definition) is 2. The molecular weight excluding hydrogens is 176 g/mol. The van der Waals surface area contributed by atoms with E-state index >= 15 is 0 Å². The van der Waals surface area contributed by atoms with Gasteiger partial charge in [0.15, 0.2) is 11.0 Å². The van der Waals surface area contributed by atoms with Gasteiger partial charge in [-0.1, -0.05) is 13.8 Å². The Labute approximate surface area is 76.5 Å². The number of hydrogen-bond donors (Lipinski definition) is 0. The first kappa shape index (κ1) is 9.33. The van der Waals surface area contributed by atoms with Gasteiger partial charge in [-0.2, -0.15) is 0 Å². The molecule has 3 heteroatoms. The van der Waals surface area contributed by atoms with Crippen LogP contribution in [0.15, 0.2) is 16.5 Å². The lowest BCUT2D eigenvalue weighted by Gasteiger charge is -2.02. The second-order valence-electron chi connectivity index (χ2n) is 2.78. The quantitative estimate of drug-likeness (QED) is 0.679. The standard InChI is InChI=1S/C9H11ClO2/c1-3-6(2)9(11)7-4-5-8(10)12-7/h4-6H,3H2,1-2H3. The lowest BCUT2D eigenvalue weighted by Crippen LogP contribution is -2.08. The molecule has 0 saturated heterocycles. The summed E-state index contributed by atoms with van der Waals surface area (Å²) in [6, 6.07) is 3.19. The maximum Gasteiger partial charge on any atom is 0.200 e. The van der Waals surface area contributed by atoms with Gasteiger partial charge in [0.05, 0.1) is 0 Å². The molecule has 66 valence electrons. The molecule has 1 heterocycles. The van der Waals surface area contributed by atoms with Crippen LogP contribution in [0.4, 0.5) is 0 Å². The van der Waals surface area contributed by atoms with Crippen molar-refractivity contribution in [2.45, 2.75) is 20.3 Å². The first-order valence-corrected chi connectivity index (χ1v) is 4.32. The second kappa shape index (κ2) is 3.76. The predicted molar refractivity (Wildman–Crippen MR) is 47.5 cm³/mol. The van der Waals surface area contributed by atoms with Crippen molar-refractivity contribution >= 4 is 17.4 Å². The molecule has 1 aromatic rings. The fraction of sp³-hybridized carbons (Fsp3) is 0.444. The third-order valence-corrected chi connectivity index (χ3v) is 2.08. The lowest BCUT2D eigenvalue weighted by molar-refractivity contribution is 0.0899. The third kappa shape index (κ3) is 1.89. The average molecular weight is 187 g/mol. The van der Waals surface area contributed by atoms with Gasteiger partial charge in [0.25, 0.3) is 0 Å². The van der Waals surface area contributed by atoms with Crippen LogP contribution in [0.25, 0.3) is 0 Å². The van der Waals surface area contributed by atoms with Gasteiger partial charge in [-0.3, -0.25) is 4.79 Å². The minimum Gasteiger partial charge on any atom is -0.442 e. The fourth-order valence-corrected chi connectivity index (χ4v) is 1.02. The van der Waals surface area contributed by atoms with Crippen LogP contribution < -0.4 is 0 Å². The zero-order valence-electron chi connectivity index (χ0n) is 7.13. The molecule has 0 amide bonds. The van der Waals surface area contributed by atoms with Crippen molar-refractivity contribution in [3.63, 3.8) is 0 Å². The van der Waals surface area contributed by atoms with E-state index < -0.39 is 0 Å². The number of carbonyl (C=O) groups is 1. The van der Waals surface area contributed by atoms with Crippen molar-refractivity contribution in [2.24, 2.45) is 5.92 Å². The van der Waals surface area contributed by atoms with Crippen molar-refractivity contribution in [2.75, 3.05) is 0 Å². The first-order valence-electron chi connectivity index (χ1n) is 3.94. The Kier molecular flexibility index (Phi) is 2.93. The fourth-order valence-electron chi connectivity index (χ4n) is 0.875. The number of Topliss-reactive ketones (excluding diaryl/α,β-unsaturated/α-hetero) is 1. The number of carbonyl (C=O) groups excluding carboxylic acids is 1. The Bertz CT molecular complexity index is 278. The van der Waals surface area contributed by atoms with Crippen LogP contribution in [-0.2, 0) is 0 Å². The monoisotopic (exact) mass is 186 g/mol. The Morgan fingerprint density at radius 1 is 1.67 bits per heavy atom. The van der Waals surface area contributed by atoms with Gasteiger partial charge in [0, 0.05) is 5.92 Å². The van der Waals surface area contributed by atoms with Crippen LogP contribution in [0, 0.1) is 5.92 Å². The SMILES string of the molecule is CCC(C)C(=O)c1ccc(Cl)o1. The molecule has 0 N–H and O–H groups in total. The number of furan rings is 1. The highest BCUT2D eigenvalue weighted by molar-refractivity contribution is 6.29.